The van der Waals surface area contributed by atoms with Crippen LogP contribution in [0.2, 0.25) is 0 Å². The number of carbonyl (C=O) groups is 2. The summed E-state index contributed by atoms with van der Waals surface area (Å²) in [7, 11) is 1.26. The Morgan fingerprint density at radius 3 is 2.84 bits per heavy atom. The predicted octanol–water partition coefficient (Wildman–Crippen LogP) is 2.53. The van der Waals surface area contributed by atoms with E-state index in [4.69, 9.17) is 9.47 Å². The number of cyclic esters (lactones) is 1. The van der Waals surface area contributed by atoms with Gasteiger partial charge >= 0.3 is 12.2 Å². The largest absolute Gasteiger partial charge is 0.471 e. The molecule has 2 fully saturated rings. The van der Waals surface area contributed by atoms with E-state index in [1.54, 1.807) is 18.2 Å². The Hall–Kier alpha value is -3.83. The van der Waals surface area contributed by atoms with Crippen molar-refractivity contribution in [2.45, 2.75) is 18.9 Å². The van der Waals surface area contributed by atoms with Gasteiger partial charge in [-0.3, -0.25) is 4.90 Å². The fourth-order valence-electron chi connectivity index (χ4n) is 3.48. The maximum absolute atomic E-state index is 14.9. The Kier molecular flexibility index (Phi) is 6.38. The number of halogens is 1. The first-order valence-electron chi connectivity index (χ1n) is 9.98. The van der Waals surface area contributed by atoms with Gasteiger partial charge in [0, 0.05) is 37.7 Å². The highest BCUT2D eigenvalue weighted by Crippen LogP contribution is 2.29. The summed E-state index contributed by atoms with van der Waals surface area (Å²) in [6.07, 6.45) is 0.826. The molecule has 3 heterocycles. The zero-order valence-corrected chi connectivity index (χ0v) is 17.3. The predicted molar refractivity (Wildman–Crippen MR) is 110 cm³/mol. The minimum absolute atomic E-state index is 0.109. The van der Waals surface area contributed by atoms with Gasteiger partial charge < -0.3 is 23.6 Å². The van der Waals surface area contributed by atoms with Crippen LogP contribution in [0.15, 0.2) is 40.2 Å². The van der Waals surface area contributed by atoms with Gasteiger partial charge in [-0.05, 0) is 23.4 Å². The Bertz CT molecular complexity index is 988. The van der Waals surface area contributed by atoms with Crippen LogP contribution >= 0.6 is 0 Å². The molecule has 1 atom stereocenters. The van der Waals surface area contributed by atoms with Gasteiger partial charge in [-0.15, -0.1) is 0 Å². The van der Waals surface area contributed by atoms with Gasteiger partial charge in [0.05, 0.1) is 25.0 Å². The second kappa shape index (κ2) is 9.54. The number of carbonyl (C=O) groups excluding carboxylic acids is 2. The molecule has 11 nitrogen and oxygen atoms in total. The topological polar surface area (TPSA) is 119 Å². The zero-order chi connectivity index (χ0) is 22.5. The number of hydrogen-bond donors (Lipinski definition) is 1. The van der Waals surface area contributed by atoms with Crippen LogP contribution in [0.5, 0.6) is 5.88 Å². The van der Waals surface area contributed by atoms with E-state index >= 15 is 0 Å². The molecule has 0 spiro atoms. The summed E-state index contributed by atoms with van der Waals surface area (Å²) in [4.78, 5) is 26.6. The van der Waals surface area contributed by atoms with Crippen LogP contribution in [0, 0.1) is 5.82 Å². The van der Waals surface area contributed by atoms with Crippen LogP contribution in [0.4, 0.5) is 25.4 Å². The van der Waals surface area contributed by atoms with E-state index in [-0.39, 0.29) is 13.2 Å². The highest BCUT2D eigenvalue weighted by molar-refractivity contribution is 5.90. The molecule has 1 aromatic heterocycles. The molecule has 4 rings (SSSR count). The van der Waals surface area contributed by atoms with E-state index in [1.807, 2.05) is 4.90 Å². The lowest BCUT2D eigenvalue weighted by atomic mass is 10.1. The number of methoxy groups -OCH3 is 1. The highest BCUT2D eigenvalue weighted by atomic mass is 19.1. The third-order valence-electron chi connectivity index (χ3n) is 5.12. The molecule has 1 N–H and O–H groups in total. The number of anilines is 2. The average Bonchev–Trinajstić information content (AvgIpc) is 3.46. The van der Waals surface area contributed by atoms with Crippen molar-refractivity contribution >= 4 is 29.3 Å². The number of nitrogens with one attached hydrogen (secondary N) is 1. The second-order valence-electron chi connectivity index (χ2n) is 7.17. The molecule has 0 aliphatic carbocycles. The minimum atomic E-state index is -0.631. The Balaban J connectivity index is 1.34. The Morgan fingerprint density at radius 1 is 1.34 bits per heavy atom. The van der Waals surface area contributed by atoms with Crippen molar-refractivity contribution in [1.82, 2.24) is 10.6 Å². The van der Waals surface area contributed by atoms with E-state index in [9.17, 15) is 14.0 Å². The van der Waals surface area contributed by atoms with Crippen molar-refractivity contribution in [1.29, 1.82) is 0 Å². The van der Waals surface area contributed by atoms with Crippen molar-refractivity contribution in [2.75, 3.05) is 43.2 Å². The number of aromatic nitrogens is 1. The number of rotatable bonds is 6. The Labute approximate surface area is 182 Å². The molecule has 0 bridgehead atoms. The minimum Gasteiger partial charge on any atom is -0.471 e. The maximum atomic E-state index is 14.9. The Morgan fingerprint density at radius 2 is 2.16 bits per heavy atom. The second-order valence-corrected chi connectivity index (χ2v) is 7.17. The summed E-state index contributed by atoms with van der Waals surface area (Å²) < 4.78 is 34.7. The zero-order valence-electron chi connectivity index (χ0n) is 17.3. The lowest BCUT2D eigenvalue weighted by Gasteiger charge is -2.30. The monoisotopic (exact) mass is 447 g/mol. The summed E-state index contributed by atoms with van der Waals surface area (Å²) in [5, 5.41) is 7.64. The third kappa shape index (κ3) is 4.90. The molecule has 1 aromatic carbocycles. The van der Waals surface area contributed by atoms with Gasteiger partial charge in [0.25, 0.3) is 5.88 Å². The van der Waals surface area contributed by atoms with E-state index in [0.29, 0.717) is 43.2 Å². The first-order chi connectivity index (χ1) is 15.5. The van der Waals surface area contributed by atoms with Gasteiger partial charge in [0.1, 0.15) is 18.7 Å². The quantitative estimate of drug-likeness (QED) is 0.671. The SMILES string of the molecule is COC(=O)NN=C1CCN(c2ccc(N3CC(COc4ccon4)OC3=O)cc2F)CC1. The first kappa shape index (κ1) is 21.4. The van der Waals surface area contributed by atoms with Crippen molar-refractivity contribution in [3.05, 3.63) is 36.3 Å². The average molecular weight is 447 g/mol. The maximum Gasteiger partial charge on any atom is 0.427 e. The number of piperidine rings is 1. The normalized spacial score (nSPS) is 18.4. The molecule has 170 valence electrons. The van der Waals surface area contributed by atoms with E-state index in [1.165, 1.54) is 24.3 Å². The van der Waals surface area contributed by atoms with Crippen LogP contribution in [0.3, 0.4) is 0 Å². The first-order valence-corrected chi connectivity index (χ1v) is 9.98. The third-order valence-corrected chi connectivity index (χ3v) is 5.12. The van der Waals surface area contributed by atoms with Gasteiger partial charge in [0.15, 0.2) is 6.10 Å². The van der Waals surface area contributed by atoms with Crippen molar-refractivity contribution in [3.63, 3.8) is 0 Å². The van der Waals surface area contributed by atoms with Crippen LogP contribution in [0.1, 0.15) is 12.8 Å². The molecule has 2 aliphatic heterocycles. The van der Waals surface area contributed by atoms with Crippen molar-refractivity contribution in [3.8, 4) is 5.88 Å². The molecule has 1 unspecified atom stereocenters. The van der Waals surface area contributed by atoms with Crippen LogP contribution in [-0.2, 0) is 9.47 Å². The lowest BCUT2D eigenvalue weighted by Crippen LogP contribution is -2.35. The summed E-state index contributed by atoms with van der Waals surface area (Å²) in [5.41, 5.74) is 3.95. The number of benzene rings is 1. The molecular weight excluding hydrogens is 425 g/mol. The number of ether oxygens (including phenoxy) is 3. The van der Waals surface area contributed by atoms with Crippen molar-refractivity contribution in [2.24, 2.45) is 5.10 Å². The fraction of sp³-hybridized carbons (Fsp3) is 0.400. The van der Waals surface area contributed by atoms with Crippen molar-refractivity contribution < 1.29 is 32.7 Å². The smallest absolute Gasteiger partial charge is 0.427 e. The van der Waals surface area contributed by atoms with E-state index in [0.717, 1.165) is 5.71 Å². The van der Waals surface area contributed by atoms with E-state index in [2.05, 4.69) is 24.9 Å². The molecule has 32 heavy (non-hydrogen) atoms. The molecule has 2 aromatic rings. The molecule has 2 amide bonds. The number of hydrazone groups is 1. The summed E-state index contributed by atoms with van der Waals surface area (Å²) in [6, 6.07) is 6.20. The van der Waals surface area contributed by atoms with Gasteiger partial charge in [-0.1, -0.05) is 0 Å². The molecule has 12 heteroatoms. The summed E-state index contributed by atoms with van der Waals surface area (Å²) in [5.74, 6) is -0.142. The summed E-state index contributed by atoms with van der Waals surface area (Å²) >= 11 is 0. The number of nitrogens with zero attached hydrogens (tertiary/aromatic N) is 4. The van der Waals surface area contributed by atoms with Crippen LogP contribution < -0.4 is 20.0 Å². The standard InChI is InChI=1S/C20H22FN5O6/c1-29-19(27)23-22-13-4-7-25(8-5-13)17-3-2-14(10-16(17)21)26-11-15(32-20(26)28)12-30-18-6-9-31-24-18/h2-3,6,9-10,15H,4-5,7-8,11-12H2,1H3,(H,23,27). The lowest BCUT2D eigenvalue weighted by molar-refractivity contribution is 0.101. The van der Waals surface area contributed by atoms with Crippen LogP contribution in [-0.4, -0.2) is 62.5 Å². The molecular formula is C20H22FN5O6. The van der Waals surface area contributed by atoms with Gasteiger partial charge in [-0.25, -0.2) is 19.4 Å². The number of amides is 2. The fourth-order valence-corrected chi connectivity index (χ4v) is 3.48. The molecule has 0 saturated carbocycles. The summed E-state index contributed by atoms with van der Waals surface area (Å²) in [6.45, 7) is 1.43. The molecule has 2 aliphatic rings. The van der Waals surface area contributed by atoms with Crippen LogP contribution in [0.25, 0.3) is 0 Å². The van der Waals surface area contributed by atoms with Gasteiger partial charge in [-0.2, -0.15) is 5.10 Å². The molecule has 0 radical (unpaired) electrons. The highest BCUT2D eigenvalue weighted by Gasteiger charge is 2.33. The van der Waals surface area contributed by atoms with Gasteiger partial charge in [0.2, 0.25) is 0 Å². The molecule has 2 saturated heterocycles. The van der Waals surface area contributed by atoms with E-state index < -0.39 is 24.1 Å². The number of hydrogen-bond acceptors (Lipinski definition) is 9.